The highest BCUT2D eigenvalue weighted by Gasteiger charge is 2.30. The monoisotopic (exact) mass is 1470 g/mol. The molecule has 0 aliphatic heterocycles. The number of esters is 4. The van der Waals surface area contributed by atoms with Crippen LogP contribution >= 0.6 is 15.6 Å². The van der Waals surface area contributed by atoms with Crippen molar-refractivity contribution < 1.29 is 80.2 Å². The summed E-state index contributed by atoms with van der Waals surface area (Å²) in [4.78, 5) is 73.0. The minimum absolute atomic E-state index is 0.107. The van der Waals surface area contributed by atoms with Gasteiger partial charge < -0.3 is 33.8 Å². The standard InChI is InChI=1S/C81H158O17P2/c1-8-9-10-11-12-13-14-15-16-20-25-31-36-41-50-57-65-81(86)98-77(69-92-79(84)63-56-49-44-43-47-54-61-74(6)7)71-96-100(89,90)94-67-75(82)66-93-99(87,88)95-70-76(68-91-78(83)62-55-48-40-35-30-27-22-24-29-34-39-46-53-60-73(4)5)97-80(85)64-58-51-42-37-32-26-21-18-17-19-23-28-33-38-45-52-59-72(2)3/h72-77,82H,8-71H2,1-7H3,(H,87,88)(H,89,90)/t75-,76-,77-/m1/s1. The second-order valence-electron chi connectivity index (χ2n) is 30.6. The van der Waals surface area contributed by atoms with Crippen molar-refractivity contribution in [1.82, 2.24) is 0 Å². The Kier molecular flexibility index (Phi) is 69.9. The molecule has 3 N–H and O–H groups in total. The predicted molar refractivity (Wildman–Crippen MR) is 409 cm³/mol. The number of aliphatic hydroxyl groups excluding tert-OH is 1. The highest BCUT2D eigenvalue weighted by atomic mass is 31.2. The number of unbranched alkanes of at least 4 members (excludes halogenated alkanes) is 47. The summed E-state index contributed by atoms with van der Waals surface area (Å²) >= 11 is 0. The number of phosphoric acid groups is 2. The first-order valence-corrected chi connectivity index (χ1v) is 44.8. The van der Waals surface area contributed by atoms with Gasteiger partial charge in [0, 0.05) is 25.7 Å². The van der Waals surface area contributed by atoms with Crippen LogP contribution in [0, 0.1) is 17.8 Å². The summed E-state index contributed by atoms with van der Waals surface area (Å²) < 4.78 is 68.7. The molecule has 0 aromatic rings. The second kappa shape index (κ2) is 71.3. The highest BCUT2D eigenvalue weighted by Crippen LogP contribution is 2.45. The molecule has 5 atom stereocenters. The number of aliphatic hydroxyl groups is 1. The van der Waals surface area contributed by atoms with E-state index in [-0.39, 0.29) is 25.7 Å². The van der Waals surface area contributed by atoms with E-state index in [0.29, 0.717) is 31.6 Å². The molecular formula is C81H158O17P2. The van der Waals surface area contributed by atoms with Crippen molar-refractivity contribution >= 4 is 39.5 Å². The molecule has 0 aromatic heterocycles. The molecule has 17 nitrogen and oxygen atoms in total. The van der Waals surface area contributed by atoms with Crippen LogP contribution in [0.25, 0.3) is 0 Å². The topological polar surface area (TPSA) is 237 Å². The molecule has 0 aromatic carbocycles. The van der Waals surface area contributed by atoms with Crippen LogP contribution in [0.1, 0.15) is 421 Å². The fourth-order valence-corrected chi connectivity index (χ4v) is 14.1. The van der Waals surface area contributed by atoms with Gasteiger partial charge in [0.1, 0.15) is 19.3 Å². The molecule has 0 radical (unpaired) electrons. The molecule has 0 aliphatic carbocycles. The lowest BCUT2D eigenvalue weighted by molar-refractivity contribution is -0.161. The number of hydrogen-bond acceptors (Lipinski definition) is 15. The molecule has 0 aliphatic rings. The average Bonchev–Trinajstić information content (AvgIpc) is 0.927. The van der Waals surface area contributed by atoms with E-state index in [2.05, 4.69) is 48.5 Å². The van der Waals surface area contributed by atoms with Crippen molar-refractivity contribution in [1.29, 1.82) is 0 Å². The van der Waals surface area contributed by atoms with E-state index in [1.54, 1.807) is 0 Å². The van der Waals surface area contributed by atoms with E-state index in [1.165, 1.54) is 225 Å². The number of carbonyl (C=O) groups is 4. The van der Waals surface area contributed by atoms with Crippen LogP contribution in [-0.2, 0) is 65.4 Å². The fourth-order valence-electron chi connectivity index (χ4n) is 12.5. The summed E-state index contributed by atoms with van der Waals surface area (Å²) in [6.07, 6.45) is 59.8. The van der Waals surface area contributed by atoms with Crippen LogP contribution in [0.5, 0.6) is 0 Å². The van der Waals surface area contributed by atoms with Crippen molar-refractivity contribution in [2.24, 2.45) is 17.8 Å². The van der Waals surface area contributed by atoms with Crippen LogP contribution < -0.4 is 0 Å². The number of carbonyl (C=O) groups excluding carboxylic acids is 4. The maximum atomic E-state index is 13.1. The largest absolute Gasteiger partial charge is 0.472 e. The molecule has 2 unspecified atom stereocenters. The Hall–Kier alpha value is -1.94. The number of rotatable bonds is 79. The summed E-state index contributed by atoms with van der Waals surface area (Å²) in [5.41, 5.74) is 0. The Morgan fingerprint density at radius 2 is 0.460 bits per heavy atom. The van der Waals surface area contributed by atoms with Crippen LogP contribution in [0.4, 0.5) is 0 Å². The Bertz CT molecular complexity index is 1940. The van der Waals surface area contributed by atoms with Gasteiger partial charge in [0.05, 0.1) is 26.4 Å². The van der Waals surface area contributed by atoms with Gasteiger partial charge >= 0.3 is 39.5 Å². The predicted octanol–water partition coefficient (Wildman–Crippen LogP) is 24.1. The lowest BCUT2D eigenvalue weighted by Crippen LogP contribution is -2.30. The molecule has 0 saturated carbocycles. The number of phosphoric ester groups is 2. The molecule has 0 heterocycles. The molecule has 0 spiro atoms. The molecule has 0 bridgehead atoms. The zero-order valence-corrected chi connectivity index (χ0v) is 67.5. The van der Waals surface area contributed by atoms with Gasteiger partial charge in [0.15, 0.2) is 12.2 Å². The maximum Gasteiger partial charge on any atom is 0.472 e. The minimum atomic E-state index is -4.96. The summed E-state index contributed by atoms with van der Waals surface area (Å²) in [6, 6.07) is 0. The SMILES string of the molecule is CCCCCCCCCCCCCCCCCCC(=O)O[C@H](COC(=O)CCCCCCCCC(C)C)COP(=O)(O)OC[C@H](O)COP(=O)(O)OC[C@@H](COC(=O)CCCCCCCCCCCCCCCC(C)C)OC(=O)CCCCCCCCCCCCCCCCCCC(C)C. The molecule has 594 valence electrons. The first kappa shape index (κ1) is 98.1. The molecule has 0 amide bonds. The summed E-state index contributed by atoms with van der Waals surface area (Å²) in [7, 11) is -9.92. The Labute approximate surface area is 613 Å². The minimum Gasteiger partial charge on any atom is -0.462 e. The first-order valence-electron chi connectivity index (χ1n) is 41.8. The van der Waals surface area contributed by atoms with Gasteiger partial charge in [-0.25, -0.2) is 9.13 Å². The van der Waals surface area contributed by atoms with Crippen molar-refractivity contribution in [3.8, 4) is 0 Å². The molecule has 19 heteroatoms. The van der Waals surface area contributed by atoms with Crippen LogP contribution in [0.3, 0.4) is 0 Å². The zero-order valence-electron chi connectivity index (χ0n) is 65.7. The van der Waals surface area contributed by atoms with E-state index < -0.39 is 97.5 Å². The smallest absolute Gasteiger partial charge is 0.462 e. The van der Waals surface area contributed by atoms with Crippen molar-refractivity contribution in [3.05, 3.63) is 0 Å². The lowest BCUT2D eigenvalue weighted by atomic mass is 10.0. The van der Waals surface area contributed by atoms with E-state index in [0.717, 1.165) is 108 Å². The Balaban J connectivity index is 5.23. The van der Waals surface area contributed by atoms with Crippen LogP contribution in [0.15, 0.2) is 0 Å². The zero-order chi connectivity index (χ0) is 73.7. The fraction of sp³-hybridized carbons (Fsp3) is 0.951. The van der Waals surface area contributed by atoms with Gasteiger partial charge in [0.25, 0.3) is 0 Å². The third kappa shape index (κ3) is 74.3. The number of ether oxygens (including phenoxy) is 4. The van der Waals surface area contributed by atoms with E-state index in [9.17, 15) is 43.2 Å². The molecule has 0 saturated heterocycles. The van der Waals surface area contributed by atoms with Gasteiger partial charge in [-0.1, -0.05) is 370 Å². The quantitative estimate of drug-likeness (QED) is 0.0222. The van der Waals surface area contributed by atoms with Gasteiger partial charge in [-0.2, -0.15) is 0 Å². The van der Waals surface area contributed by atoms with Crippen LogP contribution in [-0.4, -0.2) is 96.7 Å². The molecule has 100 heavy (non-hydrogen) atoms. The van der Waals surface area contributed by atoms with Crippen molar-refractivity contribution in [2.45, 2.75) is 439 Å². The van der Waals surface area contributed by atoms with Crippen molar-refractivity contribution in [2.75, 3.05) is 39.6 Å². The van der Waals surface area contributed by atoms with Gasteiger partial charge in [0.2, 0.25) is 0 Å². The highest BCUT2D eigenvalue weighted by molar-refractivity contribution is 7.47. The Morgan fingerprint density at radius 3 is 0.680 bits per heavy atom. The van der Waals surface area contributed by atoms with Crippen molar-refractivity contribution in [3.63, 3.8) is 0 Å². The van der Waals surface area contributed by atoms with Crippen LogP contribution in [0.2, 0.25) is 0 Å². The molecular weight excluding hydrogens is 1310 g/mol. The second-order valence-corrected chi connectivity index (χ2v) is 33.5. The third-order valence-corrected chi connectivity index (χ3v) is 20.8. The van der Waals surface area contributed by atoms with Gasteiger partial charge in [-0.15, -0.1) is 0 Å². The molecule has 0 rings (SSSR count). The normalized spacial score (nSPS) is 14.0. The van der Waals surface area contributed by atoms with E-state index in [4.69, 9.17) is 37.0 Å². The Morgan fingerprint density at radius 1 is 0.270 bits per heavy atom. The summed E-state index contributed by atoms with van der Waals surface area (Å²) in [5, 5.41) is 10.6. The third-order valence-electron chi connectivity index (χ3n) is 18.9. The number of hydrogen-bond donors (Lipinski definition) is 3. The lowest BCUT2D eigenvalue weighted by Gasteiger charge is -2.21. The summed E-state index contributed by atoms with van der Waals surface area (Å²) in [5.74, 6) is 0.168. The summed E-state index contributed by atoms with van der Waals surface area (Å²) in [6.45, 7) is 11.9. The molecule has 0 fully saturated rings. The first-order chi connectivity index (χ1) is 48.2. The maximum absolute atomic E-state index is 13.1. The van der Waals surface area contributed by atoms with E-state index in [1.807, 2.05) is 0 Å². The van der Waals surface area contributed by atoms with Gasteiger partial charge in [-0.3, -0.25) is 37.3 Å². The van der Waals surface area contributed by atoms with Gasteiger partial charge in [-0.05, 0) is 43.4 Å². The average molecular weight is 1470 g/mol. The van der Waals surface area contributed by atoms with E-state index >= 15 is 0 Å².